The molecule has 1 unspecified atom stereocenters. The highest BCUT2D eigenvalue weighted by atomic mass is 19.1. The molecule has 0 bridgehead atoms. The van der Waals surface area contributed by atoms with Gasteiger partial charge in [-0.15, -0.1) is 0 Å². The molecule has 5 nitrogen and oxygen atoms in total. The summed E-state index contributed by atoms with van der Waals surface area (Å²) in [7, 11) is 0. The Morgan fingerprint density at radius 2 is 1.53 bits per heavy atom. The minimum Gasteiger partial charge on any atom is -0.324 e. The first-order chi connectivity index (χ1) is 14.4. The van der Waals surface area contributed by atoms with Crippen molar-refractivity contribution in [3.05, 3.63) is 95.6 Å². The zero-order valence-electron chi connectivity index (χ0n) is 16.3. The highest BCUT2D eigenvalue weighted by Gasteiger charge is 2.15. The summed E-state index contributed by atoms with van der Waals surface area (Å²) in [6.07, 6.45) is 0. The number of halogens is 2. The number of para-hydroxylation sites is 1. The van der Waals surface area contributed by atoms with Crippen molar-refractivity contribution in [1.29, 1.82) is 0 Å². The molecule has 0 aliphatic carbocycles. The molecule has 0 aliphatic heterocycles. The van der Waals surface area contributed by atoms with Crippen molar-refractivity contribution in [3.63, 3.8) is 0 Å². The first-order valence-electron chi connectivity index (χ1n) is 9.37. The fourth-order valence-corrected chi connectivity index (χ4v) is 2.90. The van der Waals surface area contributed by atoms with Gasteiger partial charge in [0.2, 0.25) is 5.91 Å². The van der Waals surface area contributed by atoms with E-state index in [0.717, 1.165) is 0 Å². The molecular weight excluding hydrogens is 388 g/mol. The summed E-state index contributed by atoms with van der Waals surface area (Å²) in [5.74, 6) is -1.57. The number of amides is 2. The van der Waals surface area contributed by atoms with E-state index in [0.29, 0.717) is 16.9 Å². The Morgan fingerprint density at radius 3 is 2.27 bits per heavy atom. The van der Waals surface area contributed by atoms with Crippen molar-refractivity contribution >= 4 is 23.2 Å². The van der Waals surface area contributed by atoms with Crippen LogP contribution in [0.1, 0.15) is 28.9 Å². The van der Waals surface area contributed by atoms with Crippen LogP contribution in [0.4, 0.5) is 20.2 Å². The van der Waals surface area contributed by atoms with E-state index in [4.69, 9.17) is 0 Å². The average molecular weight is 409 g/mol. The van der Waals surface area contributed by atoms with Crippen molar-refractivity contribution < 1.29 is 18.4 Å². The topological polar surface area (TPSA) is 70.2 Å². The lowest BCUT2D eigenvalue weighted by Gasteiger charge is -2.16. The minimum absolute atomic E-state index is 0.0661. The van der Waals surface area contributed by atoms with Gasteiger partial charge in [0.25, 0.3) is 5.91 Å². The molecular formula is C23H21F2N3O2. The zero-order valence-corrected chi connectivity index (χ0v) is 16.3. The Balaban J connectivity index is 1.62. The van der Waals surface area contributed by atoms with E-state index in [-0.39, 0.29) is 29.9 Å². The van der Waals surface area contributed by atoms with Gasteiger partial charge in [0, 0.05) is 17.3 Å². The number of anilines is 2. The van der Waals surface area contributed by atoms with E-state index in [1.165, 1.54) is 30.3 Å². The predicted molar refractivity (Wildman–Crippen MR) is 112 cm³/mol. The molecule has 0 heterocycles. The van der Waals surface area contributed by atoms with Gasteiger partial charge in [0.15, 0.2) is 0 Å². The van der Waals surface area contributed by atoms with Crippen LogP contribution in [0.25, 0.3) is 0 Å². The summed E-state index contributed by atoms with van der Waals surface area (Å²) in [5, 5.41) is 8.32. The Bertz CT molecular complexity index is 1040. The molecule has 0 saturated heterocycles. The van der Waals surface area contributed by atoms with Crippen molar-refractivity contribution in [2.75, 3.05) is 17.2 Å². The maximum Gasteiger partial charge on any atom is 0.257 e. The maximum atomic E-state index is 13.8. The molecule has 3 aromatic carbocycles. The summed E-state index contributed by atoms with van der Waals surface area (Å²) < 4.78 is 26.9. The Morgan fingerprint density at radius 1 is 0.867 bits per heavy atom. The molecule has 0 fully saturated rings. The Kier molecular flexibility index (Phi) is 6.87. The second-order valence-corrected chi connectivity index (χ2v) is 6.68. The third-order valence-electron chi connectivity index (χ3n) is 4.49. The lowest BCUT2D eigenvalue weighted by molar-refractivity contribution is -0.115. The zero-order chi connectivity index (χ0) is 21.5. The molecule has 7 heteroatoms. The number of hydrogen-bond donors (Lipinski definition) is 3. The molecule has 2 amide bonds. The fourth-order valence-electron chi connectivity index (χ4n) is 2.90. The molecule has 3 aromatic rings. The number of carbonyl (C=O) groups is 2. The highest BCUT2D eigenvalue weighted by molar-refractivity contribution is 6.10. The molecule has 3 N–H and O–H groups in total. The number of carbonyl (C=O) groups excluding carboxylic acids is 2. The lowest BCUT2D eigenvalue weighted by Crippen LogP contribution is -2.31. The van der Waals surface area contributed by atoms with E-state index in [1.54, 1.807) is 49.4 Å². The summed E-state index contributed by atoms with van der Waals surface area (Å²) in [4.78, 5) is 24.9. The third-order valence-corrected chi connectivity index (χ3v) is 4.49. The maximum absolute atomic E-state index is 13.8. The van der Waals surface area contributed by atoms with Crippen LogP contribution in [0.2, 0.25) is 0 Å². The smallest absolute Gasteiger partial charge is 0.257 e. The van der Waals surface area contributed by atoms with Gasteiger partial charge in [-0.2, -0.15) is 0 Å². The number of rotatable bonds is 7. The molecule has 3 rings (SSSR count). The largest absolute Gasteiger partial charge is 0.324 e. The lowest BCUT2D eigenvalue weighted by atomic mass is 10.1. The van der Waals surface area contributed by atoms with E-state index < -0.39 is 11.7 Å². The van der Waals surface area contributed by atoms with Gasteiger partial charge >= 0.3 is 0 Å². The van der Waals surface area contributed by atoms with Crippen LogP contribution in [0.15, 0.2) is 72.8 Å². The number of benzene rings is 3. The monoisotopic (exact) mass is 409 g/mol. The van der Waals surface area contributed by atoms with Gasteiger partial charge < -0.3 is 16.0 Å². The van der Waals surface area contributed by atoms with Crippen LogP contribution in [-0.4, -0.2) is 18.4 Å². The van der Waals surface area contributed by atoms with Gasteiger partial charge in [-0.3, -0.25) is 9.59 Å². The van der Waals surface area contributed by atoms with Crippen LogP contribution in [0.5, 0.6) is 0 Å². The van der Waals surface area contributed by atoms with Crippen molar-refractivity contribution in [2.45, 2.75) is 13.0 Å². The summed E-state index contributed by atoms with van der Waals surface area (Å²) in [6.45, 7) is 1.69. The Labute approximate surface area is 173 Å². The summed E-state index contributed by atoms with van der Waals surface area (Å²) in [6, 6.07) is 17.9. The molecule has 0 radical (unpaired) electrons. The first-order valence-corrected chi connectivity index (χ1v) is 9.37. The molecule has 30 heavy (non-hydrogen) atoms. The Hall–Kier alpha value is -3.58. The molecule has 0 aliphatic rings. The predicted octanol–water partition coefficient (Wildman–Crippen LogP) is 4.51. The van der Waals surface area contributed by atoms with E-state index >= 15 is 0 Å². The van der Waals surface area contributed by atoms with Gasteiger partial charge in [0.1, 0.15) is 11.6 Å². The van der Waals surface area contributed by atoms with E-state index in [2.05, 4.69) is 16.0 Å². The standard InChI is InChI=1S/C23H21F2N3O2/c1-15(18-6-2-4-8-20(18)25)26-14-22(29)28-21-9-5-3-7-19(21)23(30)27-17-12-10-16(24)11-13-17/h2-13,15,26H,14H2,1H3,(H,27,30)(H,28,29). The highest BCUT2D eigenvalue weighted by Crippen LogP contribution is 2.19. The number of nitrogens with one attached hydrogen (secondary N) is 3. The number of hydrogen-bond acceptors (Lipinski definition) is 3. The van der Waals surface area contributed by atoms with Gasteiger partial charge in [-0.05, 0) is 49.4 Å². The van der Waals surface area contributed by atoms with Gasteiger partial charge in [-0.1, -0.05) is 30.3 Å². The van der Waals surface area contributed by atoms with E-state index in [1.807, 2.05) is 0 Å². The summed E-state index contributed by atoms with van der Waals surface area (Å²) in [5.41, 5.74) is 1.49. The van der Waals surface area contributed by atoms with Gasteiger partial charge in [-0.25, -0.2) is 8.78 Å². The minimum atomic E-state index is -0.440. The van der Waals surface area contributed by atoms with Crippen molar-refractivity contribution in [2.24, 2.45) is 0 Å². The van der Waals surface area contributed by atoms with Crippen LogP contribution in [0.3, 0.4) is 0 Å². The van der Waals surface area contributed by atoms with Crippen LogP contribution < -0.4 is 16.0 Å². The molecule has 0 spiro atoms. The van der Waals surface area contributed by atoms with Crippen LogP contribution >= 0.6 is 0 Å². The van der Waals surface area contributed by atoms with Crippen LogP contribution in [-0.2, 0) is 4.79 Å². The summed E-state index contributed by atoms with van der Waals surface area (Å²) >= 11 is 0. The molecule has 154 valence electrons. The van der Waals surface area contributed by atoms with Crippen LogP contribution in [0, 0.1) is 11.6 Å². The molecule has 0 saturated carbocycles. The second-order valence-electron chi connectivity index (χ2n) is 6.68. The quantitative estimate of drug-likeness (QED) is 0.538. The van der Waals surface area contributed by atoms with E-state index in [9.17, 15) is 18.4 Å². The van der Waals surface area contributed by atoms with Gasteiger partial charge in [0.05, 0.1) is 17.8 Å². The normalized spacial score (nSPS) is 11.6. The molecule has 0 aromatic heterocycles. The van der Waals surface area contributed by atoms with Crippen molar-refractivity contribution in [3.8, 4) is 0 Å². The molecule has 1 atom stereocenters. The van der Waals surface area contributed by atoms with Crippen molar-refractivity contribution in [1.82, 2.24) is 5.32 Å². The SMILES string of the molecule is CC(NCC(=O)Nc1ccccc1C(=O)Nc1ccc(F)cc1)c1ccccc1F. The second kappa shape index (κ2) is 9.76. The third kappa shape index (κ3) is 5.48. The average Bonchev–Trinajstić information content (AvgIpc) is 2.74. The first kappa shape index (κ1) is 21.1. The fraction of sp³-hybridized carbons (Fsp3) is 0.130.